The van der Waals surface area contributed by atoms with Crippen LogP contribution in [0.3, 0.4) is 0 Å². The molecule has 0 aliphatic carbocycles. The number of hydrogen-bond donors (Lipinski definition) is 0. The first-order chi connectivity index (χ1) is 21.1. The Morgan fingerprint density at radius 1 is 0.628 bits per heavy atom. The predicted octanol–water partition coefficient (Wildman–Crippen LogP) is 8.53. The van der Waals surface area contributed by atoms with Gasteiger partial charge in [0.1, 0.15) is 5.82 Å². The molecule has 220 valence electrons. The maximum atomic E-state index is 5.19. The molecule has 3 aromatic carbocycles. The van der Waals surface area contributed by atoms with Crippen LogP contribution in [0.4, 0.5) is 17.2 Å². The molecular formula is C38H43N5. The van der Waals surface area contributed by atoms with E-state index in [1.165, 1.54) is 22.5 Å². The van der Waals surface area contributed by atoms with Gasteiger partial charge in [-0.25, -0.2) is 9.99 Å². The lowest BCUT2D eigenvalue weighted by atomic mass is 9.87. The lowest BCUT2D eigenvalue weighted by Gasteiger charge is -2.25. The van der Waals surface area contributed by atoms with Crippen molar-refractivity contribution < 1.29 is 0 Å². The predicted molar refractivity (Wildman–Crippen MR) is 185 cm³/mol. The van der Waals surface area contributed by atoms with Gasteiger partial charge in [-0.2, -0.15) is 5.10 Å². The lowest BCUT2D eigenvalue weighted by molar-refractivity contribution is 0.715. The standard InChI is InChI=1S/C38H43N5/c1-5-41(6-2)33-23-17-30(18-24-33)21-27-35-38(32-14-10-9-11-15-32)36(43(40-35)37-16-12-13-29-39-37)28-22-31-19-25-34(26-20-31)42(7-3)8-4/h9-29,36,38H,5-8H2,1-4H3. The van der Waals surface area contributed by atoms with Gasteiger partial charge >= 0.3 is 0 Å². The Labute approximate surface area is 257 Å². The number of nitrogens with zero attached hydrogens (tertiary/aromatic N) is 5. The van der Waals surface area contributed by atoms with Gasteiger partial charge in [0.2, 0.25) is 0 Å². The number of allylic oxidation sites excluding steroid dienone is 1. The van der Waals surface area contributed by atoms with Crippen LogP contribution in [0.5, 0.6) is 0 Å². The summed E-state index contributed by atoms with van der Waals surface area (Å²) in [5.74, 6) is 0.877. The zero-order valence-electron chi connectivity index (χ0n) is 25.8. The average Bonchev–Trinajstić information content (AvgIpc) is 3.44. The fourth-order valence-electron chi connectivity index (χ4n) is 5.78. The Morgan fingerprint density at radius 2 is 1.19 bits per heavy atom. The molecule has 2 unspecified atom stereocenters. The van der Waals surface area contributed by atoms with Crippen LogP contribution in [0, 0.1) is 0 Å². The van der Waals surface area contributed by atoms with Crippen LogP contribution in [-0.2, 0) is 0 Å². The number of aromatic nitrogens is 1. The van der Waals surface area contributed by atoms with Crippen molar-refractivity contribution in [3.05, 3.63) is 132 Å². The van der Waals surface area contributed by atoms with Crippen molar-refractivity contribution in [3.63, 3.8) is 0 Å². The van der Waals surface area contributed by atoms with Gasteiger partial charge in [-0.3, -0.25) is 0 Å². The maximum Gasteiger partial charge on any atom is 0.149 e. The zero-order valence-corrected chi connectivity index (χ0v) is 25.8. The number of rotatable bonds is 12. The van der Waals surface area contributed by atoms with Crippen LogP contribution in [0.25, 0.3) is 12.2 Å². The molecule has 0 bridgehead atoms. The normalized spacial score (nSPS) is 16.7. The molecule has 1 aromatic heterocycles. The fraction of sp³-hybridized carbons (Fsp3) is 0.263. The number of pyridine rings is 1. The molecule has 0 N–H and O–H groups in total. The molecule has 43 heavy (non-hydrogen) atoms. The summed E-state index contributed by atoms with van der Waals surface area (Å²) in [5, 5.41) is 7.26. The van der Waals surface area contributed by atoms with Gasteiger partial charge in [0.05, 0.1) is 17.7 Å². The molecule has 5 rings (SSSR count). The van der Waals surface area contributed by atoms with Gasteiger partial charge < -0.3 is 9.80 Å². The van der Waals surface area contributed by atoms with Crippen molar-refractivity contribution in [2.45, 2.75) is 39.7 Å². The summed E-state index contributed by atoms with van der Waals surface area (Å²) < 4.78 is 0. The van der Waals surface area contributed by atoms with Gasteiger partial charge in [0.15, 0.2) is 0 Å². The second-order valence-corrected chi connectivity index (χ2v) is 10.7. The Kier molecular flexibility index (Phi) is 10.1. The van der Waals surface area contributed by atoms with Gasteiger partial charge in [-0.05, 0) is 86.9 Å². The highest BCUT2D eigenvalue weighted by molar-refractivity contribution is 6.06. The van der Waals surface area contributed by atoms with Crippen LogP contribution in [0.15, 0.2) is 121 Å². The van der Waals surface area contributed by atoms with E-state index in [1.54, 1.807) is 0 Å². The first-order valence-corrected chi connectivity index (χ1v) is 15.5. The molecule has 0 amide bonds. The highest BCUT2D eigenvalue weighted by Crippen LogP contribution is 2.36. The van der Waals surface area contributed by atoms with Gasteiger partial charge in [-0.15, -0.1) is 0 Å². The quantitative estimate of drug-likeness (QED) is 0.171. The third-order valence-electron chi connectivity index (χ3n) is 8.18. The molecule has 0 spiro atoms. The largest absolute Gasteiger partial charge is 0.372 e. The molecule has 1 aliphatic rings. The van der Waals surface area contributed by atoms with E-state index in [2.05, 4.69) is 151 Å². The molecule has 0 radical (unpaired) electrons. The fourth-order valence-corrected chi connectivity index (χ4v) is 5.78. The van der Waals surface area contributed by atoms with Crippen LogP contribution in [0.2, 0.25) is 0 Å². The maximum absolute atomic E-state index is 5.19. The molecule has 1 aliphatic heterocycles. The second kappa shape index (κ2) is 14.5. The minimum Gasteiger partial charge on any atom is -0.372 e. The van der Waals surface area contributed by atoms with E-state index in [4.69, 9.17) is 5.10 Å². The van der Waals surface area contributed by atoms with E-state index < -0.39 is 0 Å². The van der Waals surface area contributed by atoms with Crippen LogP contribution in [0.1, 0.15) is 50.3 Å². The Balaban J connectivity index is 1.49. The summed E-state index contributed by atoms with van der Waals surface area (Å²) in [4.78, 5) is 9.41. The molecule has 0 fully saturated rings. The molecule has 0 saturated heterocycles. The first kappa shape index (κ1) is 29.8. The summed E-state index contributed by atoms with van der Waals surface area (Å²) in [6.07, 6.45) is 10.7. The lowest BCUT2D eigenvalue weighted by Crippen LogP contribution is -2.30. The Morgan fingerprint density at radius 3 is 1.72 bits per heavy atom. The smallest absolute Gasteiger partial charge is 0.149 e. The van der Waals surface area contributed by atoms with E-state index in [0.717, 1.165) is 43.3 Å². The van der Waals surface area contributed by atoms with E-state index >= 15 is 0 Å². The monoisotopic (exact) mass is 569 g/mol. The SMILES string of the molecule is CCN(CC)c1ccc(C=CC2=NN(c3ccccn3)C(C=Cc3ccc(N(CC)CC)cc3)C2c2ccccc2)cc1. The Hall–Kier alpha value is -4.64. The van der Waals surface area contributed by atoms with E-state index in [0.29, 0.717) is 0 Å². The van der Waals surface area contributed by atoms with E-state index in [9.17, 15) is 0 Å². The Bertz CT molecular complexity index is 1500. The number of anilines is 3. The summed E-state index contributed by atoms with van der Waals surface area (Å²) in [6, 6.07) is 34.3. The van der Waals surface area contributed by atoms with Crippen LogP contribution >= 0.6 is 0 Å². The average molecular weight is 570 g/mol. The van der Waals surface area contributed by atoms with Crippen molar-refractivity contribution in [3.8, 4) is 0 Å². The van der Waals surface area contributed by atoms with Crippen molar-refractivity contribution in [1.82, 2.24) is 4.98 Å². The highest BCUT2D eigenvalue weighted by atomic mass is 15.5. The van der Waals surface area contributed by atoms with Crippen molar-refractivity contribution in [1.29, 1.82) is 0 Å². The highest BCUT2D eigenvalue weighted by Gasteiger charge is 2.37. The van der Waals surface area contributed by atoms with Gasteiger partial charge in [0, 0.05) is 43.8 Å². The number of benzene rings is 3. The topological polar surface area (TPSA) is 35.0 Å². The van der Waals surface area contributed by atoms with Gasteiger partial charge in [-0.1, -0.05) is 78.9 Å². The van der Waals surface area contributed by atoms with Crippen molar-refractivity contribution >= 4 is 35.1 Å². The van der Waals surface area contributed by atoms with E-state index in [1.807, 2.05) is 24.4 Å². The zero-order chi connectivity index (χ0) is 30.0. The summed E-state index contributed by atoms with van der Waals surface area (Å²) >= 11 is 0. The summed E-state index contributed by atoms with van der Waals surface area (Å²) in [7, 11) is 0. The molecule has 0 saturated carbocycles. The molecule has 2 atom stereocenters. The van der Waals surface area contributed by atoms with Crippen LogP contribution < -0.4 is 14.8 Å². The van der Waals surface area contributed by atoms with Crippen molar-refractivity contribution in [2.24, 2.45) is 5.10 Å². The molecular weight excluding hydrogens is 526 g/mol. The molecule has 5 heteroatoms. The summed E-state index contributed by atoms with van der Waals surface area (Å²) in [5.41, 5.74) is 7.06. The van der Waals surface area contributed by atoms with E-state index in [-0.39, 0.29) is 12.0 Å². The second-order valence-electron chi connectivity index (χ2n) is 10.7. The molecule has 2 heterocycles. The number of hydrogen-bond acceptors (Lipinski definition) is 5. The molecule has 5 nitrogen and oxygen atoms in total. The summed E-state index contributed by atoms with van der Waals surface area (Å²) in [6.45, 7) is 12.8. The molecule has 4 aromatic rings. The third kappa shape index (κ3) is 7.06. The first-order valence-electron chi connectivity index (χ1n) is 15.5. The minimum atomic E-state index is -0.0375. The minimum absolute atomic E-state index is 0.0375. The third-order valence-corrected chi connectivity index (χ3v) is 8.18. The van der Waals surface area contributed by atoms with Gasteiger partial charge in [0.25, 0.3) is 0 Å². The van der Waals surface area contributed by atoms with Crippen molar-refractivity contribution in [2.75, 3.05) is 41.0 Å². The van der Waals surface area contributed by atoms with Crippen LogP contribution in [-0.4, -0.2) is 42.9 Å². The number of hydrazone groups is 1.